The maximum atomic E-state index is 12.6. The van der Waals surface area contributed by atoms with Crippen molar-refractivity contribution < 1.29 is 14.3 Å². The summed E-state index contributed by atoms with van der Waals surface area (Å²) in [7, 11) is 3.20. The van der Waals surface area contributed by atoms with Gasteiger partial charge in [-0.05, 0) is 35.0 Å². The number of fused-ring (bicyclic) bond motifs is 1. The smallest absolute Gasteiger partial charge is 0.232 e. The average Bonchev–Trinajstić information content (AvgIpc) is 3.53. The van der Waals surface area contributed by atoms with E-state index in [1.54, 1.807) is 14.2 Å². The van der Waals surface area contributed by atoms with E-state index in [0.29, 0.717) is 22.3 Å². The van der Waals surface area contributed by atoms with E-state index in [1.165, 1.54) is 28.1 Å². The number of ether oxygens (including phenoxy) is 2. The molecule has 0 aliphatic carbocycles. The molecule has 1 N–H and O–H groups in total. The van der Waals surface area contributed by atoms with Crippen molar-refractivity contribution in [2.24, 2.45) is 0 Å². The summed E-state index contributed by atoms with van der Waals surface area (Å²) < 4.78 is 10.7. The number of thiazole rings is 2. The van der Waals surface area contributed by atoms with Gasteiger partial charge in [0.15, 0.2) is 16.6 Å². The number of aromatic nitrogens is 2. The van der Waals surface area contributed by atoms with Gasteiger partial charge in [-0.1, -0.05) is 36.4 Å². The van der Waals surface area contributed by atoms with E-state index in [2.05, 4.69) is 39.6 Å². The van der Waals surface area contributed by atoms with Crippen LogP contribution in [0.2, 0.25) is 0 Å². The Labute approximate surface area is 204 Å². The summed E-state index contributed by atoms with van der Waals surface area (Å²) in [5, 5.41) is 10.5. The molecule has 0 radical (unpaired) electrons. The van der Waals surface area contributed by atoms with E-state index in [0.717, 1.165) is 27.2 Å². The quantitative estimate of drug-likeness (QED) is 0.292. The van der Waals surface area contributed by atoms with Gasteiger partial charge in [0.2, 0.25) is 5.91 Å². The summed E-state index contributed by atoms with van der Waals surface area (Å²) in [5.74, 6) is 1.15. The van der Waals surface area contributed by atoms with E-state index in [9.17, 15) is 4.79 Å². The maximum Gasteiger partial charge on any atom is 0.232 e. The first kappa shape index (κ1) is 22.1. The van der Waals surface area contributed by atoms with Crippen molar-refractivity contribution in [3.05, 3.63) is 77.1 Å². The highest BCUT2D eigenvalue weighted by atomic mass is 32.1. The van der Waals surface area contributed by atoms with Crippen LogP contribution in [-0.4, -0.2) is 30.1 Å². The zero-order valence-electron chi connectivity index (χ0n) is 18.6. The number of hydrogen-bond donors (Lipinski definition) is 1. The number of rotatable bonds is 7. The molecule has 0 fully saturated rings. The Morgan fingerprint density at radius 1 is 0.853 bits per heavy atom. The minimum atomic E-state index is -0.149. The van der Waals surface area contributed by atoms with Crippen LogP contribution in [-0.2, 0) is 11.2 Å². The normalized spacial score (nSPS) is 10.9. The maximum absolute atomic E-state index is 12.6. The first-order chi connectivity index (χ1) is 16.6. The van der Waals surface area contributed by atoms with Crippen molar-refractivity contribution in [1.82, 2.24) is 9.97 Å². The van der Waals surface area contributed by atoms with Gasteiger partial charge < -0.3 is 14.8 Å². The molecule has 5 aromatic rings. The fourth-order valence-corrected chi connectivity index (χ4v) is 5.18. The number of nitrogens with zero attached hydrogens (tertiary/aromatic N) is 2. The molecule has 8 heteroatoms. The third-order valence-corrected chi connectivity index (χ3v) is 7.02. The van der Waals surface area contributed by atoms with Crippen LogP contribution in [0.5, 0.6) is 11.5 Å². The number of amides is 1. The monoisotopic (exact) mass is 487 g/mol. The Morgan fingerprint density at radius 3 is 2.47 bits per heavy atom. The lowest BCUT2D eigenvalue weighted by molar-refractivity contribution is -0.115. The van der Waals surface area contributed by atoms with Crippen LogP contribution in [0.1, 0.15) is 5.69 Å². The lowest BCUT2D eigenvalue weighted by Crippen LogP contribution is -2.14. The minimum absolute atomic E-state index is 0.149. The van der Waals surface area contributed by atoms with Gasteiger partial charge in [0, 0.05) is 21.9 Å². The molecule has 0 spiro atoms. The summed E-state index contributed by atoms with van der Waals surface area (Å²) in [6, 6.07) is 20.1. The van der Waals surface area contributed by atoms with Gasteiger partial charge >= 0.3 is 0 Å². The van der Waals surface area contributed by atoms with Gasteiger partial charge in [-0.3, -0.25) is 4.79 Å². The summed E-state index contributed by atoms with van der Waals surface area (Å²) in [5.41, 5.74) is 3.48. The molecule has 0 saturated carbocycles. The zero-order chi connectivity index (χ0) is 23.5. The van der Waals surface area contributed by atoms with Gasteiger partial charge in [-0.25, -0.2) is 9.97 Å². The molecule has 34 heavy (non-hydrogen) atoms. The van der Waals surface area contributed by atoms with Crippen LogP contribution in [0.3, 0.4) is 0 Å². The van der Waals surface area contributed by atoms with E-state index in [4.69, 9.17) is 9.47 Å². The Balaban J connectivity index is 1.26. The largest absolute Gasteiger partial charge is 0.493 e. The van der Waals surface area contributed by atoms with Gasteiger partial charge in [0.1, 0.15) is 5.01 Å². The Morgan fingerprint density at radius 2 is 1.65 bits per heavy atom. The van der Waals surface area contributed by atoms with Crippen LogP contribution in [0, 0.1) is 0 Å². The summed E-state index contributed by atoms with van der Waals surface area (Å²) in [4.78, 5) is 21.8. The van der Waals surface area contributed by atoms with Crippen LogP contribution >= 0.6 is 22.7 Å². The van der Waals surface area contributed by atoms with Crippen molar-refractivity contribution in [1.29, 1.82) is 0 Å². The Hall–Kier alpha value is -3.75. The van der Waals surface area contributed by atoms with E-state index in [1.807, 2.05) is 47.2 Å². The Bertz CT molecular complexity index is 1480. The molecule has 2 heterocycles. The molecule has 1 amide bonds. The SMILES string of the molecule is COc1ccc(-c2nc(CC(=O)Nc3nc(-c4ccc5ccccc5c4)cs3)cs2)cc1OC. The fraction of sp³-hybridized carbons (Fsp3) is 0.115. The highest BCUT2D eigenvalue weighted by Crippen LogP contribution is 2.34. The first-order valence-electron chi connectivity index (χ1n) is 10.5. The number of hydrogen-bond acceptors (Lipinski definition) is 7. The van der Waals surface area contributed by atoms with Gasteiger partial charge in [-0.15, -0.1) is 22.7 Å². The van der Waals surface area contributed by atoms with E-state index < -0.39 is 0 Å². The molecule has 0 unspecified atom stereocenters. The summed E-state index contributed by atoms with van der Waals surface area (Å²) >= 11 is 2.90. The van der Waals surface area contributed by atoms with Crippen molar-refractivity contribution in [2.45, 2.75) is 6.42 Å². The molecule has 3 aromatic carbocycles. The summed E-state index contributed by atoms with van der Waals surface area (Å²) in [6.07, 6.45) is 0.175. The van der Waals surface area contributed by atoms with Crippen LogP contribution in [0.25, 0.3) is 32.6 Å². The number of nitrogens with one attached hydrogen (secondary N) is 1. The highest BCUT2D eigenvalue weighted by Gasteiger charge is 2.13. The third kappa shape index (κ3) is 4.64. The van der Waals surface area contributed by atoms with E-state index in [-0.39, 0.29) is 12.3 Å². The lowest BCUT2D eigenvalue weighted by atomic mass is 10.1. The highest BCUT2D eigenvalue weighted by molar-refractivity contribution is 7.14. The molecule has 0 bridgehead atoms. The number of carbonyl (C=O) groups excluding carboxylic acids is 1. The van der Waals surface area contributed by atoms with Crippen LogP contribution < -0.4 is 14.8 Å². The van der Waals surface area contributed by atoms with Crippen molar-refractivity contribution >= 4 is 44.5 Å². The molecule has 0 saturated heterocycles. The van der Waals surface area contributed by atoms with Gasteiger partial charge in [-0.2, -0.15) is 0 Å². The number of carbonyl (C=O) groups is 1. The molecule has 0 atom stereocenters. The molecule has 2 aromatic heterocycles. The predicted octanol–water partition coefficient (Wildman–Crippen LogP) is 6.29. The number of anilines is 1. The average molecular weight is 488 g/mol. The third-order valence-electron chi connectivity index (χ3n) is 5.32. The molecule has 0 aliphatic rings. The second kappa shape index (κ2) is 9.62. The molecular weight excluding hydrogens is 466 g/mol. The number of methoxy groups -OCH3 is 2. The topological polar surface area (TPSA) is 73.3 Å². The minimum Gasteiger partial charge on any atom is -0.493 e. The Kier molecular flexibility index (Phi) is 6.24. The van der Waals surface area contributed by atoms with Crippen molar-refractivity contribution in [2.75, 3.05) is 19.5 Å². The lowest BCUT2D eigenvalue weighted by Gasteiger charge is -2.08. The van der Waals surface area contributed by atoms with Crippen molar-refractivity contribution in [3.8, 4) is 33.3 Å². The van der Waals surface area contributed by atoms with Gasteiger partial charge in [0.25, 0.3) is 0 Å². The summed E-state index contributed by atoms with van der Waals surface area (Å²) in [6.45, 7) is 0. The standard InChI is InChI=1S/C26H21N3O3S2/c1-31-22-10-9-19(12-23(22)32-2)25-27-20(14-33-25)13-24(30)29-26-28-21(15-34-26)18-8-7-16-5-3-4-6-17(16)11-18/h3-12,14-15H,13H2,1-2H3,(H,28,29,30). The van der Waals surface area contributed by atoms with E-state index >= 15 is 0 Å². The number of benzene rings is 3. The molecule has 0 aliphatic heterocycles. The van der Waals surface area contributed by atoms with Crippen LogP contribution in [0.4, 0.5) is 5.13 Å². The molecule has 5 rings (SSSR count). The second-order valence-corrected chi connectivity index (χ2v) is 9.25. The zero-order valence-corrected chi connectivity index (χ0v) is 20.2. The fourth-order valence-electron chi connectivity index (χ4n) is 3.63. The molecule has 170 valence electrons. The molecular formula is C26H21N3O3S2. The second-order valence-electron chi connectivity index (χ2n) is 7.54. The predicted molar refractivity (Wildman–Crippen MR) is 138 cm³/mol. The van der Waals surface area contributed by atoms with Crippen molar-refractivity contribution in [3.63, 3.8) is 0 Å². The first-order valence-corrected chi connectivity index (χ1v) is 12.3. The van der Waals surface area contributed by atoms with Gasteiger partial charge in [0.05, 0.1) is 32.0 Å². The van der Waals surface area contributed by atoms with Crippen LogP contribution in [0.15, 0.2) is 71.4 Å². The molecule has 6 nitrogen and oxygen atoms in total.